The van der Waals surface area contributed by atoms with Crippen LogP contribution >= 0.6 is 11.6 Å². The highest BCUT2D eigenvalue weighted by Gasteiger charge is 2.13. The molecule has 2 rings (SSSR count). The molecule has 0 fully saturated rings. The van der Waals surface area contributed by atoms with Crippen molar-refractivity contribution in [3.05, 3.63) is 40.2 Å². The van der Waals surface area contributed by atoms with Crippen molar-refractivity contribution >= 4 is 11.6 Å². The van der Waals surface area contributed by atoms with Gasteiger partial charge in [0.1, 0.15) is 11.4 Å². The molecule has 1 heterocycles. The average Bonchev–Trinajstić information content (AvgIpc) is 2.73. The van der Waals surface area contributed by atoms with E-state index in [1.807, 2.05) is 24.6 Å². The number of rotatable bonds is 3. The number of methoxy groups -OCH3 is 1. The van der Waals surface area contributed by atoms with Gasteiger partial charge in [0.15, 0.2) is 0 Å². The maximum atomic E-state index is 6.09. The van der Waals surface area contributed by atoms with Gasteiger partial charge in [0.05, 0.1) is 13.3 Å². The van der Waals surface area contributed by atoms with Gasteiger partial charge in [-0.05, 0) is 25.5 Å². The lowest BCUT2D eigenvalue weighted by Crippen LogP contribution is -2.04. The molecule has 4 nitrogen and oxygen atoms in total. The van der Waals surface area contributed by atoms with E-state index in [0.29, 0.717) is 17.3 Å². The van der Waals surface area contributed by atoms with Gasteiger partial charge in [0.2, 0.25) is 0 Å². The number of benzene rings is 1. The van der Waals surface area contributed by atoms with E-state index >= 15 is 0 Å². The van der Waals surface area contributed by atoms with Crippen LogP contribution in [0.1, 0.15) is 16.8 Å². The first kappa shape index (κ1) is 12.9. The van der Waals surface area contributed by atoms with Gasteiger partial charge in [-0.25, -0.2) is 4.68 Å². The van der Waals surface area contributed by atoms with Gasteiger partial charge in [-0.15, -0.1) is 0 Å². The van der Waals surface area contributed by atoms with Crippen molar-refractivity contribution in [3.63, 3.8) is 0 Å². The van der Waals surface area contributed by atoms with Crippen LogP contribution in [0.2, 0.25) is 5.02 Å². The minimum Gasteiger partial charge on any atom is -0.494 e. The van der Waals surface area contributed by atoms with Crippen LogP contribution in [-0.2, 0) is 6.54 Å². The Hall–Kier alpha value is -1.52. The van der Waals surface area contributed by atoms with E-state index < -0.39 is 0 Å². The van der Waals surface area contributed by atoms with Crippen molar-refractivity contribution in [1.29, 1.82) is 0 Å². The van der Waals surface area contributed by atoms with Crippen LogP contribution in [0, 0.1) is 13.8 Å². The third-order valence-electron chi connectivity index (χ3n) is 3.02. The highest BCUT2D eigenvalue weighted by Crippen LogP contribution is 2.30. The van der Waals surface area contributed by atoms with Gasteiger partial charge in [-0.1, -0.05) is 11.6 Å². The molecule has 96 valence electrons. The van der Waals surface area contributed by atoms with Crippen molar-refractivity contribution in [1.82, 2.24) is 9.78 Å². The molecule has 0 saturated heterocycles. The molecular weight excluding hydrogens is 250 g/mol. The van der Waals surface area contributed by atoms with Gasteiger partial charge in [0, 0.05) is 28.9 Å². The van der Waals surface area contributed by atoms with Crippen molar-refractivity contribution < 1.29 is 4.74 Å². The quantitative estimate of drug-likeness (QED) is 0.928. The highest BCUT2D eigenvalue weighted by molar-refractivity contribution is 6.31. The Morgan fingerprint density at radius 2 is 2.11 bits per heavy atom. The van der Waals surface area contributed by atoms with Crippen molar-refractivity contribution in [2.45, 2.75) is 20.4 Å². The summed E-state index contributed by atoms with van der Waals surface area (Å²) in [6.07, 6.45) is 1.78. The lowest BCUT2D eigenvalue weighted by atomic mass is 10.2. The number of halogens is 1. The SMILES string of the molecule is COc1cc(Cl)c(C)cc1-n1ncc(CN)c1C. The molecular formula is C13H16ClN3O. The Kier molecular flexibility index (Phi) is 3.59. The molecule has 2 aromatic rings. The molecule has 18 heavy (non-hydrogen) atoms. The first-order valence-corrected chi connectivity index (χ1v) is 6.04. The van der Waals surface area contributed by atoms with Gasteiger partial charge in [0.25, 0.3) is 0 Å². The monoisotopic (exact) mass is 265 g/mol. The van der Waals surface area contributed by atoms with Crippen molar-refractivity contribution in [2.24, 2.45) is 5.73 Å². The minimum atomic E-state index is 0.473. The summed E-state index contributed by atoms with van der Waals surface area (Å²) in [7, 11) is 1.62. The van der Waals surface area contributed by atoms with E-state index in [1.54, 1.807) is 19.4 Å². The molecule has 5 heteroatoms. The molecule has 0 aliphatic heterocycles. The number of ether oxygens (including phenoxy) is 1. The van der Waals surface area contributed by atoms with Crippen molar-refractivity contribution in [3.8, 4) is 11.4 Å². The molecule has 0 bridgehead atoms. The Balaban J connectivity index is 2.62. The molecule has 0 atom stereocenters. The fourth-order valence-corrected chi connectivity index (χ4v) is 2.02. The van der Waals surface area contributed by atoms with Gasteiger partial charge in [-0.2, -0.15) is 5.10 Å². The summed E-state index contributed by atoms with van der Waals surface area (Å²) in [6.45, 7) is 4.41. The summed E-state index contributed by atoms with van der Waals surface area (Å²) >= 11 is 6.09. The lowest BCUT2D eigenvalue weighted by molar-refractivity contribution is 0.411. The van der Waals surface area contributed by atoms with E-state index in [0.717, 1.165) is 22.5 Å². The molecule has 2 N–H and O–H groups in total. The standard InChI is InChI=1S/C13H16ClN3O/c1-8-4-12(13(18-3)5-11(8)14)17-9(2)10(6-15)7-16-17/h4-5,7H,6,15H2,1-3H3. The summed E-state index contributed by atoms with van der Waals surface area (Å²) in [4.78, 5) is 0. The Bertz CT molecular complexity index is 578. The van der Waals surface area contributed by atoms with E-state index in [4.69, 9.17) is 22.1 Å². The first-order valence-electron chi connectivity index (χ1n) is 5.66. The highest BCUT2D eigenvalue weighted by atomic mass is 35.5. The molecule has 0 spiro atoms. The second-order valence-corrected chi connectivity index (χ2v) is 4.55. The summed E-state index contributed by atoms with van der Waals surface area (Å²) in [5, 5.41) is 5.03. The molecule has 1 aromatic heterocycles. The van der Waals surface area contributed by atoms with Crippen molar-refractivity contribution in [2.75, 3.05) is 7.11 Å². The first-order chi connectivity index (χ1) is 8.58. The molecule has 0 aliphatic rings. The van der Waals surface area contributed by atoms with Crippen LogP contribution in [0.25, 0.3) is 5.69 Å². The predicted molar refractivity (Wildman–Crippen MR) is 72.5 cm³/mol. The van der Waals surface area contributed by atoms with Crippen LogP contribution < -0.4 is 10.5 Å². The minimum absolute atomic E-state index is 0.473. The number of aryl methyl sites for hydroxylation is 1. The maximum Gasteiger partial charge on any atom is 0.146 e. The number of nitrogens with zero attached hydrogens (tertiary/aromatic N) is 2. The fraction of sp³-hybridized carbons (Fsp3) is 0.308. The van der Waals surface area contributed by atoms with Gasteiger partial charge >= 0.3 is 0 Å². The third kappa shape index (κ3) is 2.09. The second kappa shape index (κ2) is 5.00. The topological polar surface area (TPSA) is 53.1 Å². The van der Waals surface area contributed by atoms with E-state index in [-0.39, 0.29) is 0 Å². The maximum absolute atomic E-state index is 6.09. The molecule has 0 aliphatic carbocycles. The Labute approximate surface area is 111 Å². The van der Waals surface area contributed by atoms with Crippen LogP contribution in [0.4, 0.5) is 0 Å². The van der Waals surface area contributed by atoms with Crippen LogP contribution in [0.5, 0.6) is 5.75 Å². The normalized spacial score (nSPS) is 10.7. The molecule has 0 amide bonds. The van der Waals surface area contributed by atoms with Crippen LogP contribution in [0.15, 0.2) is 18.3 Å². The summed E-state index contributed by atoms with van der Waals surface area (Å²) < 4.78 is 7.18. The Morgan fingerprint density at radius 1 is 1.39 bits per heavy atom. The smallest absolute Gasteiger partial charge is 0.146 e. The van der Waals surface area contributed by atoms with Gasteiger partial charge < -0.3 is 10.5 Å². The van der Waals surface area contributed by atoms with Gasteiger partial charge in [-0.3, -0.25) is 0 Å². The number of nitrogens with two attached hydrogens (primary N) is 1. The summed E-state index contributed by atoms with van der Waals surface area (Å²) in [5.41, 5.74) is 9.55. The van der Waals surface area contributed by atoms with E-state index in [2.05, 4.69) is 5.10 Å². The number of hydrogen-bond donors (Lipinski definition) is 1. The molecule has 0 saturated carbocycles. The summed E-state index contributed by atoms with van der Waals surface area (Å²) in [5.74, 6) is 0.695. The molecule has 0 unspecified atom stereocenters. The second-order valence-electron chi connectivity index (χ2n) is 4.14. The number of hydrogen-bond acceptors (Lipinski definition) is 3. The largest absolute Gasteiger partial charge is 0.494 e. The zero-order chi connectivity index (χ0) is 13.3. The van der Waals surface area contributed by atoms with Crippen LogP contribution in [-0.4, -0.2) is 16.9 Å². The lowest BCUT2D eigenvalue weighted by Gasteiger charge is -2.12. The summed E-state index contributed by atoms with van der Waals surface area (Å²) in [6, 6.07) is 3.76. The average molecular weight is 266 g/mol. The Morgan fingerprint density at radius 3 is 2.67 bits per heavy atom. The zero-order valence-corrected chi connectivity index (χ0v) is 11.5. The number of aromatic nitrogens is 2. The molecule has 0 radical (unpaired) electrons. The fourth-order valence-electron chi connectivity index (χ4n) is 1.86. The zero-order valence-electron chi connectivity index (χ0n) is 10.7. The third-order valence-corrected chi connectivity index (χ3v) is 3.43. The van der Waals surface area contributed by atoms with E-state index in [9.17, 15) is 0 Å². The van der Waals surface area contributed by atoms with E-state index in [1.165, 1.54) is 0 Å². The van der Waals surface area contributed by atoms with Crippen LogP contribution in [0.3, 0.4) is 0 Å². The predicted octanol–water partition coefficient (Wildman–Crippen LogP) is 2.61. The molecule has 1 aromatic carbocycles.